The van der Waals surface area contributed by atoms with Gasteiger partial charge in [-0.1, -0.05) is 12.1 Å². The lowest BCUT2D eigenvalue weighted by atomic mass is 9.90. The Morgan fingerprint density at radius 2 is 1.73 bits per heavy atom. The van der Waals surface area contributed by atoms with Crippen molar-refractivity contribution < 1.29 is 13.9 Å². The fourth-order valence-electron chi connectivity index (χ4n) is 3.66. The summed E-state index contributed by atoms with van der Waals surface area (Å²) in [6.45, 7) is 2.40. The van der Waals surface area contributed by atoms with Gasteiger partial charge < -0.3 is 13.9 Å². The summed E-state index contributed by atoms with van der Waals surface area (Å²) in [5.41, 5.74) is 4.41. The normalized spacial score (nSPS) is 13.5. The molecule has 2 aromatic carbocycles. The van der Waals surface area contributed by atoms with Crippen molar-refractivity contribution in [1.29, 1.82) is 0 Å². The predicted molar refractivity (Wildman–Crippen MR) is 101 cm³/mol. The van der Waals surface area contributed by atoms with Crippen molar-refractivity contribution in [3.63, 3.8) is 0 Å². The van der Waals surface area contributed by atoms with Crippen molar-refractivity contribution in [2.24, 2.45) is 0 Å². The van der Waals surface area contributed by atoms with E-state index in [0.29, 0.717) is 12.2 Å². The van der Waals surface area contributed by atoms with Crippen molar-refractivity contribution in [1.82, 2.24) is 0 Å². The van der Waals surface area contributed by atoms with Crippen LogP contribution < -0.4 is 15.1 Å². The summed E-state index contributed by atoms with van der Waals surface area (Å²) in [6.07, 6.45) is 3.96. The van der Waals surface area contributed by atoms with Crippen LogP contribution in [0.2, 0.25) is 0 Å². The zero-order valence-corrected chi connectivity index (χ0v) is 15.1. The summed E-state index contributed by atoms with van der Waals surface area (Å²) in [6, 6.07) is 11.8. The van der Waals surface area contributed by atoms with E-state index in [1.165, 1.54) is 0 Å². The largest absolute Gasteiger partial charge is 0.497 e. The van der Waals surface area contributed by atoms with Crippen LogP contribution in [0.4, 0.5) is 0 Å². The van der Waals surface area contributed by atoms with Crippen molar-refractivity contribution in [2.45, 2.75) is 39.2 Å². The van der Waals surface area contributed by atoms with E-state index in [1.807, 2.05) is 43.3 Å². The molecule has 0 saturated carbocycles. The molecule has 0 aliphatic heterocycles. The van der Waals surface area contributed by atoms with Crippen LogP contribution >= 0.6 is 0 Å². The topological polar surface area (TPSA) is 48.7 Å². The molecule has 134 valence electrons. The van der Waals surface area contributed by atoms with Gasteiger partial charge >= 0.3 is 5.63 Å². The molecule has 0 N–H and O–H groups in total. The van der Waals surface area contributed by atoms with E-state index in [9.17, 15) is 4.79 Å². The summed E-state index contributed by atoms with van der Waals surface area (Å²) in [5, 5.41) is 1.05. The van der Waals surface area contributed by atoms with Gasteiger partial charge in [0, 0.05) is 16.5 Å². The van der Waals surface area contributed by atoms with Crippen LogP contribution in [0.5, 0.6) is 11.5 Å². The first-order valence-corrected chi connectivity index (χ1v) is 9.01. The predicted octanol–water partition coefficient (Wildman–Crippen LogP) is 4.57. The molecule has 0 amide bonds. The third-order valence-corrected chi connectivity index (χ3v) is 5.14. The summed E-state index contributed by atoms with van der Waals surface area (Å²) in [7, 11) is 1.65. The number of ether oxygens (including phenoxy) is 2. The smallest absolute Gasteiger partial charge is 0.339 e. The maximum absolute atomic E-state index is 12.4. The van der Waals surface area contributed by atoms with Crippen LogP contribution in [-0.2, 0) is 19.4 Å². The molecule has 0 radical (unpaired) electrons. The maximum Gasteiger partial charge on any atom is 0.339 e. The van der Waals surface area contributed by atoms with Crippen molar-refractivity contribution in [2.75, 3.05) is 7.11 Å². The first-order valence-electron chi connectivity index (χ1n) is 9.01. The van der Waals surface area contributed by atoms with Crippen molar-refractivity contribution >= 4 is 11.0 Å². The Balaban J connectivity index is 1.66. The molecule has 4 heteroatoms. The Kier molecular flexibility index (Phi) is 4.41. The number of fused-ring (bicyclic) bond motifs is 3. The van der Waals surface area contributed by atoms with Gasteiger partial charge in [-0.3, -0.25) is 0 Å². The highest BCUT2D eigenvalue weighted by atomic mass is 16.5. The molecule has 0 bridgehead atoms. The minimum atomic E-state index is -0.192. The van der Waals surface area contributed by atoms with Gasteiger partial charge in [0.15, 0.2) is 0 Å². The van der Waals surface area contributed by atoms with Gasteiger partial charge in [-0.15, -0.1) is 0 Å². The Bertz CT molecular complexity index is 999. The van der Waals surface area contributed by atoms with E-state index < -0.39 is 0 Å². The van der Waals surface area contributed by atoms with Gasteiger partial charge in [-0.25, -0.2) is 4.79 Å². The Morgan fingerprint density at radius 1 is 1.00 bits per heavy atom. The lowest BCUT2D eigenvalue weighted by Gasteiger charge is -2.18. The van der Waals surface area contributed by atoms with E-state index in [0.717, 1.165) is 64.8 Å². The lowest BCUT2D eigenvalue weighted by molar-refractivity contribution is 0.303. The molecule has 0 fully saturated rings. The number of methoxy groups -OCH3 is 1. The van der Waals surface area contributed by atoms with Crippen LogP contribution in [0, 0.1) is 6.92 Å². The van der Waals surface area contributed by atoms with E-state index in [4.69, 9.17) is 13.9 Å². The monoisotopic (exact) mass is 350 g/mol. The zero-order valence-electron chi connectivity index (χ0n) is 15.1. The maximum atomic E-state index is 12.4. The van der Waals surface area contributed by atoms with E-state index >= 15 is 0 Å². The second kappa shape index (κ2) is 6.87. The van der Waals surface area contributed by atoms with E-state index in [2.05, 4.69) is 0 Å². The standard InChI is InChI=1S/C22H22O4/c1-14-20(25-13-15-7-9-16(24-2)10-8-15)12-11-18-17-5-3-4-6-19(17)22(23)26-21(14)18/h7-12H,3-6,13H2,1-2H3. The van der Waals surface area contributed by atoms with E-state index in [-0.39, 0.29) is 5.63 Å². The minimum absolute atomic E-state index is 0.192. The number of benzene rings is 2. The molecular formula is C22H22O4. The summed E-state index contributed by atoms with van der Waals surface area (Å²) >= 11 is 0. The number of aryl methyl sites for hydroxylation is 2. The third-order valence-electron chi connectivity index (χ3n) is 5.14. The molecular weight excluding hydrogens is 328 g/mol. The Morgan fingerprint density at radius 3 is 2.46 bits per heavy atom. The third kappa shape index (κ3) is 2.96. The molecule has 3 aromatic rings. The van der Waals surface area contributed by atoms with Crippen LogP contribution in [0.3, 0.4) is 0 Å². The highest BCUT2D eigenvalue weighted by molar-refractivity contribution is 5.86. The van der Waals surface area contributed by atoms with Crippen LogP contribution in [0.1, 0.15) is 35.1 Å². The summed E-state index contributed by atoms with van der Waals surface area (Å²) in [4.78, 5) is 12.4. The summed E-state index contributed by atoms with van der Waals surface area (Å²) in [5.74, 6) is 1.56. The second-order valence-corrected chi connectivity index (χ2v) is 6.76. The fraction of sp³-hybridized carbons (Fsp3) is 0.318. The highest BCUT2D eigenvalue weighted by Crippen LogP contribution is 2.32. The van der Waals surface area contributed by atoms with Crippen molar-refractivity contribution in [3.05, 3.63) is 69.1 Å². The van der Waals surface area contributed by atoms with Gasteiger partial charge in [0.05, 0.1) is 7.11 Å². The number of hydrogen-bond donors (Lipinski definition) is 0. The van der Waals surface area contributed by atoms with E-state index in [1.54, 1.807) is 7.11 Å². The molecule has 0 atom stereocenters. The molecule has 0 spiro atoms. The minimum Gasteiger partial charge on any atom is -0.497 e. The van der Waals surface area contributed by atoms with Gasteiger partial charge in [0.1, 0.15) is 23.7 Å². The molecule has 1 aromatic heterocycles. The molecule has 1 aliphatic rings. The molecule has 26 heavy (non-hydrogen) atoms. The second-order valence-electron chi connectivity index (χ2n) is 6.76. The first kappa shape index (κ1) is 16.7. The van der Waals surface area contributed by atoms with Gasteiger partial charge in [0.2, 0.25) is 0 Å². The molecule has 0 saturated heterocycles. The molecule has 4 rings (SSSR count). The highest BCUT2D eigenvalue weighted by Gasteiger charge is 2.20. The average molecular weight is 350 g/mol. The first-order chi connectivity index (χ1) is 12.7. The van der Waals surface area contributed by atoms with Crippen LogP contribution in [0.15, 0.2) is 45.6 Å². The van der Waals surface area contributed by atoms with Gasteiger partial charge in [-0.05, 0) is 68.0 Å². The molecule has 1 heterocycles. The van der Waals surface area contributed by atoms with Crippen molar-refractivity contribution in [3.8, 4) is 11.5 Å². The quantitative estimate of drug-likeness (QED) is 0.647. The lowest BCUT2D eigenvalue weighted by Crippen LogP contribution is -2.16. The Hall–Kier alpha value is -2.75. The van der Waals surface area contributed by atoms with Gasteiger partial charge in [0.25, 0.3) is 0 Å². The van der Waals surface area contributed by atoms with Gasteiger partial charge in [-0.2, -0.15) is 0 Å². The Labute approximate surface area is 152 Å². The SMILES string of the molecule is COc1ccc(COc2ccc3c4c(c(=O)oc3c2C)CCCC4)cc1. The number of rotatable bonds is 4. The molecule has 4 nitrogen and oxygen atoms in total. The number of hydrogen-bond acceptors (Lipinski definition) is 4. The summed E-state index contributed by atoms with van der Waals surface area (Å²) < 4.78 is 16.8. The average Bonchev–Trinajstić information content (AvgIpc) is 2.69. The molecule has 0 unspecified atom stereocenters. The van der Waals surface area contributed by atoms with Crippen LogP contribution in [-0.4, -0.2) is 7.11 Å². The van der Waals surface area contributed by atoms with Crippen LogP contribution in [0.25, 0.3) is 11.0 Å². The molecule has 1 aliphatic carbocycles. The zero-order chi connectivity index (χ0) is 18.1. The fourth-order valence-corrected chi connectivity index (χ4v) is 3.66.